The first-order valence-electron chi connectivity index (χ1n) is 8.48. The summed E-state index contributed by atoms with van der Waals surface area (Å²) in [4.78, 5) is 25.4. The third-order valence-electron chi connectivity index (χ3n) is 4.15. The highest BCUT2D eigenvalue weighted by atomic mass is 35.5. The Hall–Kier alpha value is -2.53. The van der Waals surface area contributed by atoms with Crippen LogP contribution in [-0.2, 0) is 11.3 Å². The molecule has 0 saturated carbocycles. The van der Waals surface area contributed by atoms with Gasteiger partial charge >= 0.3 is 0 Å². The number of hydrogen-bond acceptors (Lipinski definition) is 3. The Labute approximate surface area is 156 Å². The SMILES string of the molecule is COc1ccc2c(c1)c(=O)n(CC(=O)CC(C)C)n2-c1cccc(Cl)c1. The van der Waals surface area contributed by atoms with Gasteiger partial charge in [-0.05, 0) is 42.3 Å². The lowest BCUT2D eigenvalue weighted by atomic mass is 10.1. The molecule has 0 saturated heterocycles. The zero-order chi connectivity index (χ0) is 18.8. The van der Waals surface area contributed by atoms with E-state index in [2.05, 4.69) is 0 Å². The first-order chi connectivity index (χ1) is 12.4. The second-order valence-corrected chi connectivity index (χ2v) is 7.11. The molecule has 0 radical (unpaired) electrons. The van der Waals surface area contributed by atoms with Crippen LogP contribution in [0.1, 0.15) is 20.3 Å². The number of ketones is 1. The molecule has 0 amide bonds. The molecule has 0 unspecified atom stereocenters. The van der Waals surface area contributed by atoms with Gasteiger partial charge in [0.1, 0.15) is 12.3 Å². The summed E-state index contributed by atoms with van der Waals surface area (Å²) in [5.41, 5.74) is 1.21. The fourth-order valence-corrected chi connectivity index (χ4v) is 3.26. The number of nitrogens with zero attached hydrogens (tertiary/aromatic N) is 2. The van der Waals surface area contributed by atoms with Crippen LogP contribution in [0.3, 0.4) is 0 Å². The summed E-state index contributed by atoms with van der Waals surface area (Å²) < 4.78 is 8.46. The predicted molar refractivity (Wildman–Crippen MR) is 104 cm³/mol. The van der Waals surface area contributed by atoms with Gasteiger partial charge in [0.05, 0.1) is 23.7 Å². The molecule has 1 aromatic heterocycles. The first-order valence-corrected chi connectivity index (χ1v) is 8.85. The summed E-state index contributed by atoms with van der Waals surface area (Å²) >= 11 is 6.14. The average Bonchev–Trinajstić information content (AvgIpc) is 2.86. The lowest BCUT2D eigenvalue weighted by molar-refractivity contribution is -0.120. The maximum Gasteiger partial charge on any atom is 0.275 e. The van der Waals surface area contributed by atoms with Crippen molar-refractivity contribution in [1.29, 1.82) is 0 Å². The number of carbonyl (C=O) groups is 1. The maximum absolute atomic E-state index is 13.0. The normalized spacial score (nSPS) is 11.3. The van der Waals surface area contributed by atoms with Gasteiger partial charge in [0.15, 0.2) is 5.78 Å². The largest absolute Gasteiger partial charge is 0.497 e. The smallest absolute Gasteiger partial charge is 0.275 e. The predicted octanol–water partition coefficient (Wildman–Crippen LogP) is 4.07. The fourth-order valence-electron chi connectivity index (χ4n) is 3.07. The minimum Gasteiger partial charge on any atom is -0.497 e. The van der Waals surface area contributed by atoms with Gasteiger partial charge in [0.25, 0.3) is 5.56 Å². The summed E-state index contributed by atoms with van der Waals surface area (Å²) in [6.07, 6.45) is 0.423. The third-order valence-corrected chi connectivity index (χ3v) is 4.39. The Morgan fingerprint density at radius 2 is 1.96 bits per heavy atom. The minimum absolute atomic E-state index is 0.0140. The summed E-state index contributed by atoms with van der Waals surface area (Å²) in [6, 6.07) is 12.5. The van der Waals surface area contributed by atoms with Gasteiger partial charge < -0.3 is 4.74 Å². The summed E-state index contributed by atoms with van der Waals surface area (Å²) in [6.45, 7) is 3.98. The Kier molecular flexibility index (Phi) is 5.18. The molecule has 1 heterocycles. The van der Waals surface area contributed by atoms with Crippen LogP contribution in [0.4, 0.5) is 0 Å². The number of halogens is 1. The number of hydrogen-bond donors (Lipinski definition) is 0. The minimum atomic E-state index is -0.226. The zero-order valence-corrected chi connectivity index (χ0v) is 15.8. The molecule has 3 rings (SSSR count). The van der Waals surface area contributed by atoms with Crippen LogP contribution >= 0.6 is 11.6 Å². The van der Waals surface area contributed by atoms with E-state index in [1.54, 1.807) is 36.1 Å². The Balaban J connectivity index is 2.23. The first kappa shape index (κ1) is 18.3. The molecule has 0 N–H and O–H groups in total. The molecule has 136 valence electrons. The number of Topliss-reactive ketones (excluding diaryl/α,β-unsaturated/α-hetero) is 1. The molecule has 0 spiro atoms. The summed E-state index contributed by atoms with van der Waals surface area (Å²) in [5, 5.41) is 1.06. The molecular formula is C20H21ClN2O3. The van der Waals surface area contributed by atoms with Gasteiger partial charge in [0.2, 0.25) is 0 Å². The summed E-state index contributed by atoms with van der Waals surface area (Å²) in [7, 11) is 1.56. The van der Waals surface area contributed by atoms with Gasteiger partial charge in [-0.15, -0.1) is 0 Å². The van der Waals surface area contributed by atoms with Gasteiger partial charge in [-0.3, -0.25) is 9.59 Å². The van der Waals surface area contributed by atoms with E-state index >= 15 is 0 Å². The number of rotatable bonds is 6. The number of aromatic nitrogens is 2. The third kappa shape index (κ3) is 3.53. The Bertz CT molecular complexity index is 1020. The van der Waals surface area contributed by atoms with E-state index in [1.165, 1.54) is 4.68 Å². The topological polar surface area (TPSA) is 53.2 Å². The molecular weight excluding hydrogens is 352 g/mol. The molecule has 26 heavy (non-hydrogen) atoms. The Morgan fingerprint density at radius 1 is 1.19 bits per heavy atom. The van der Waals surface area contributed by atoms with Gasteiger partial charge in [-0.2, -0.15) is 0 Å². The number of methoxy groups -OCH3 is 1. The van der Waals surface area contributed by atoms with Crippen molar-refractivity contribution >= 4 is 28.3 Å². The number of ether oxygens (including phenoxy) is 1. The van der Waals surface area contributed by atoms with Crippen LogP contribution in [0.2, 0.25) is 5.02 Å². The van der Waals surface area contributed by atoms with E-state index < -0.39 is 0 Å². The molecule has 0 aliphatic rings. The highest BCUT2D eigenvalue weighted by Crippen LogP contribution is 2.23. The maximum atomic E-state index is 13.0. The van der Waals surface area contributed by atoms with Crippen LogP contribution in [0.5, 0.6) is 5.75 Å². The van der Waals surface area contributed by atoms with Crippen molar-refractivity contribution in [3.05, 3.63) is 57.8 Å². The Morgan fingerprint density at radius 3 is 2.62 bits per heavy atom. The van der Waals surface area contributed by atoms with E-state index in [-0.39, 0.29) is 23.8 Å². The van der Waals surface area contributed by atoms with Crippen molar-refractivity contribution in [3.8, 4) is 11.4 Å². The molecule has 0 bridgehead atoms. The lowest BCUT2D eigenvalue weighted by Gasteiger charge is -2.13. The van der Waals surface area contributed by atoms with E-state index in [0.717, 1.165) is 5.69 Å². The van der Waals surface area contributed by atoms with Crippen molar-refractivity contribution in [2.24, 2.45) is 5.92 Å². The molecule has 6 heteroatoms. The fraction of sp³-hybridized carbons (Fsp3) is 0.300. The molecule has 0 aliphatic carbocycles. The van der Waals surface area contributed by atoms with Gasteiger partial charge in [-0.25, -0.2) is 9.36 Å². The van der Waals surface area contributed by atoms with Crippen LogP contribution in [0, 0.1) is 5.92 Å². The van der Waals surface area contributed by atoms with Crippen LogP contribution < -0.4 is 10.3 Å². The monoisotopic (exact) mass is 372 g/mol. The standard InChI is InChI=1S/C20H21ClN2O3/c1-13(2)9-16(24)12-22-20(25)18-11-17(26-3)7-8-19(18)23(22)15-6-4-5-14(21)10-15/h4-8,10-11,13H,9,12H2,1-3H3. The van der Waals surface area contributed by atoms with E-state index in [4.69, 9.17) is 16.3 Å². The van der Waals surface area contributed by atoms with Crippen molar-refractivity contribution < 1.29 is 9.53 Å². The second kappa shape index (κ2) is 7.38. The van der Waals surface area contributed by atoms with Crippen LogP contribution in [0.15, 0.2) is 47.3 Å². The summed E-state index contributed by atoms with van der Waals surface area (Å²) in [5.74, 6) is 0.848. The molecule has 2 aromatic carbocycles. The zero-order valence-electron chi connectivity index (χ0n) is 15.0. The second-order valence-electron chi connectivity index (χ2n) is 6.67. The van der Waals surface area contributed by atoms with Crippen molar-refractivity contribution in [2.45, 2.75) is 26.8 Å². The van der Waals surface area contributed by atoms with Gasteiger partial charge in [0, 0.05) is 11.4 Å². The van der Waals surface area contributed by atoms with Crippen molar-refractivity contribution in [2.75, 3.05) is 7.11 Å². The van der Waals surface area contributed by atoms with E-state index in [0.29, 0.717) is 28.1 Å². The molecule has 0 aliphatic heterocycles. The lowest BCUT2D eigenvalue weighted by Crippen LogP contribution is -2.27. The highest BCUT2D eigenvalue weighted by molar-refractivity contribution is 6.30. The van der Waals surface area contributed by atoms with Crippen LogP contribution in [-0.4, -0.2) is 22.3 Å². The number of fused-ring (bicyclic) bond motifs is 1. The quantitative estimate of drug-likeness (QED) is 0.655. The molecule has 5 nitrogen and oxygen atoms in total. The molecule has 0 fully saturated rings. The number of carbonyl (C=O) groups excluding carboxylic acids is 1. The van der Waals surface area contributed by atoms with E-state index in [1.807, 2.05) is 32.0 Å². The molecule has 3 aromatic rings. The van der Waals surface area contributed by atoms with Gasteiger partial charge in [-0.1, -0.05) is 31.5 Å². The van der Waals surface area contributed by atoms with E-state index in [9.17, 15) is 9.59 Å². The average molecular weight is 373 g/mol. The van der Waals surface area contributed by atoms with Crippen LogP contribution in [0.25, 0.3) is 16.6 Å². The highest BCUT2D eigenvalue weighted by Gasteiger charge is 2.18. The number of benzene rings is 2. The van der Waals surface area contributed by atoms with Crippen molar-refractivity contribution in [3.63, 3.8) is 0 Å². The van der Waals surface area contributed by atoms with Crippen molar-refractivity contribution in [1.82, 2.24) is 9.36 Å². The molecule has 0 atom stereocenters.